The molecule has 0 radical (unpaired) electrons. The van der Waals surface area contributed by atoms with Gasteiger partial charge in [-0.2, -0.15) is 0 Å². The third-order valence-electron chi connectivity index (χ3n) is 4.56. The van der Waals surface area contributed by atoms with Crippen molar-refractivity contribution >= 4 is 5.91 Å². The first-order valence-electron chi connectivity index (χ1n) is 9.28. The fourth-order valence-corrected chi connectivity index (χ4v) is 2.98. The van der Waals surface area contributed by atoms with Crippen LogP contribution in [0.5, 0.6) is 0 Å². The number of hydrogen-bond acceptors (Lipinski definition) is 5. The molecule has 3 aromatic heterocycles. The highest BCUT2D eigenvalue weighted by molar-refractivity contribution is 5.92. The Bertz CT molecular complexity index is 1060. The van der Waals surface area contributed by atoms with Crippen molar-refractivity contribution in [3.8, 4) is 5.82 Å². The molecule has 1 unspecified atom stereocenters. The van der Waals surface area contributed by atoms with Crippen molar-refractivity contribution in [2.75, 3.05) is 0 Å². The number of benzene rings is 1. The van der Waals surface area contributed by atoms with Crippen LogP contribution >= 0.6 is 0 Å². The molecule has 0 aliphatic heterocycles. The van der Waals surface area contributed by atoms with Crippen LogP contribution < -0.4 is 5.32 Å². The Kier molecular flexibility index (Phi) is 5.38. The number of amides is 1. The average Bonchev–Trinajstić information content (AvgIpc) is 3.30. The van der Waals surface area contributed by atoms with Gasteiger partial charge in [-0.3, -0.25) is 14.3 Å². The minimum absolute atomic E-state index is 0.249. The number of imidazole rings is 1. The van der Waals surface area contributed by atoms with Gasteiger partial charge in [0.2, 0.25) is 0 Å². The number of carbonyl (C=O) groups excluding carboxylic acids is 1. The molecule has 7 heteroatoms. The third-order valence-corrected chi connectivity index (χ3v) is 4.56. The summed E-state index contributed by atoms with van der Waals surface area (Å²) in [7, 11) is 0. The highest BCUT2D eigenvalue weighted by Gasteiger charge is 2.19. The molecule has 0 aliphatic rings. The zero-order chi connectivity index (χ0) is 20.1. The zero-order valence-electron chi connectivity index (χ0n) is 15.9. The van der Waals surface area contributed by atoms with E-state index in [0.29, 0.717) is 12.2 Å². The van der Waals surface area contributed by atoms with E-state index in [-0.39, 0.29) is 17.6 Å². The van der Waals surface area contributed by atoms with Crippen LogP contribution in [0.15, 0.2) is 79.5 Å². The lowest BCUT2D eigenvalue weighted by atomic mass is 10.0. The van der Waals surface area contributed by atoms with E-state index in [0.717, 1.165) is 11.3 Å². The summed E-state index contributed by atoms with van der Waals surface area (Å²) >= 11 is 0. The maximum absolute atomic E-state index is 12.8. The van der Waals surface area contributed by atoms with Crippen LogP contribution in [0.4, 0.5) is 0 Å². The maximum Gasteiger partial charge on any atom is 0.272 e. The number of carbonyl (C=O) groups is 1. The molecule has 1 atom stereocenters. The number of aromatic nitrogens is 5. The Labute approximate surface area is 168 Å². The van der Waals surface area contributed by atoms with E-state index in [2.05, 4.69) is 49.7 Å². The molecule has 4 rings (SSSR count). The Morgan fingerprint density at radius 2 is 1.90 bits per heavy atom. The number of hydrogen-bond donors (Lipinski definition) is 1. The molecule has 0 bridgehead atoms. The van der Waals surface area contributed by atoms with E-state index in [1.165, 1.54) is 5.56 Å². The summed E-state index contributed by atoms with van der Waals surface area (Å²) < 4.78 is 1.72. The van der Waals surface area contributed by atoms with E-state index in [1.807, 2.05) is 25.1 Å². The van der Waals surface area contributed by atoms with Gasteiger partial charge < -0.3 is 5.32 Å². The molecule has 0 spiro atoms. The van der Waals surface area contributed by atoms with Crippen LogP contribution in [0.2, 0.25) is 0 Å². The number of nitrogens with zero attached hydrogens (tertiary/aromatic N) is 5. The summed E-state index contributed by atoms with van der Waals surface area (Å²) in [5, 5.41) is 11.2. The summed E-state index contributed by atoms with van der Waals surface area (Å²) in [5.41, 5.74) is 3.36. The lowest BCUT2D eigenvalue weighted by Gasteiger charge is -2.18. The summed E-state index contributed by atoms with van der Waals surface area (Å²) in [6.07, 6.45) is 7.41. The van der Waals surface area contributed by atoms with Crippen molar-refractivity contribution < 1.29 is 4.79 Å². The van der Waals surface area contributed by atoms with Gasteiger partial charge in [0.05, 0.1) is 11.7 Å². The largest absolute Gasteiger partial charge is 0.342 e. The molecule has 0 saturated carbocycles. The van der Waals surface area contributed by atoms with Crippen molar-refractivity contribution in [2.24, 2.45) is 0 Å². The maximum atomic E-state index is 12.8. The van der Waals surface area contributed by atoms with Crippen molar-refractivity contribution in [1.82, 2.24) is 30.0 Å². The number of aryl methyl sites for hydroxylation is 1. The highest BCUT2D eigenvalue weighted by Crippen LogP contribution is 2.18. The SMILES string of the molecule is Cc1ccc(CC(NC(=O)c2ccc(-n3ccnc3)nn2)c2ccccn2)cc1. The molecule has 0 saturated heterocycles. The molecular formula is C22H20N6O. The van der Waals surface area contributed by atoms with Gasteiger partial charge in [-0.15, -0.1) is 10.2 Å². The average molecular weight is 384 g/mol. The quantitative estimate of drug-likeness (QED) is 0.552. The summed E-state index contributed by atoms with van der Waals surface area (Å²) in [5.74, 6) is 0.303. The summed E-state index contributed by atoms with van der Waals surface area (Å²) in [4.78, 5) is 21.2. The predicted octanol–water partition coefficient (Wildman–Crippen LogP) is 3.08. The number of nitrogens with one attached hydrogen (secondary N) is 1. The van der Waals surface area contributed by atoms with E-state index >= 15 is 0 Å². The second-order valence-electron chi connectivity index (χ2n) is 6.72. The molecule has 0 fully saturated rings. The topological polar surface area (TPSA) is 85.6 Å². The fourth-order valence-electron chi connectivity index (χ4n) is 2.98. The molecule has 144 valence electrons. The Balaban J connectivity index is 1.53. The van der Waals surface area contributed by atoms with E-state index in [9.17, 15) is 4.79 Å². The Morgan fingerprint density at radius 3 is 2.55 bits per heavy atom. The first-order chi connectivity index (χ1) is 14.2. The summed E-state index contributed by atoms with van der Waals surface area (Å²) in [6.45, 7) is 2.05. The molecule has 1 aromatic carbocycles. The van der Waals surface area contributed by atoms with Gasteiger partial charge in [0, 0.05) is 18.6 Å². The molecule has 4 aromatic rings. The van der Waals surface area contributed by atoms with Crippen molar-refractivity contribution in [3.05, 3.63) is 102 Å². The number of rotatable bonds is 6. The van der Waals surface area contributed by atoms with Gasteiger partial charge in [-0.05, 0) is 43.2 Å². The van der Waals surface area contributed by atoms with Crippen LogP contribution in [0.1, 0.15) is 33.4 Å². The molecule has 3 heterocycles. The third kappa shape index (κ3) is 4.52. The van der Waals surface area contributed by atoms with E-state index in [1.54, 1.807) is 41.6 Å². The second-order valence-corrected chi connectivity index (χ2v) is 6.72. The van der Waals surface area contributed by atoms with Crippen molar-refractivity contribution in [2.45, 2.75) is 19.4 Å². The van der Waals surface area contributed by atoms with Gasteiger partial charge >= 0.3 is 0 Å². The normalized spacial score (nSPS) is 11.8. The zero-order valence-corrected chi connectivity index (χ0v) is 15.9. The molecule has 1 amide bonds. The smallest absolute Gasteiger partial charge is 0.272 e. The first kappa shape index (κ1) is 18.5. The van der Waals surface area contributed by atoms with Gasteiger partial charge in [0.1, 0.15) is 6.33 Å². The Morgan fingerprint density at radius 1 is 1.03 bits per heavy atom. The summed E-state index contributed by atoms with van der Waals surface area (Å²) in [6, 6.07) is 17.0. The van der Waals surface area contributed by atoms with Gasteiger partial charge in [-0.25, -0.2) is 4.98 Å². The van der Waals surface area contributed by atoms with Crippen molar-refractivity contribution in [3.63, 3.8) is 0 Å². The van der Waals surface area contributed by atoms with Crippen LogP contribution in [0.25, 0.3) is 5.82 Å². The second kappa shape index (κ2) is 8.43. The molecule has 7 nitrogen and oxygen atoms in total. The fraction of sp³-hybridized carbons (Fsp3) is 0.136. The highest BCUT2D eigenvalue weighted by atomic mass is 16.2. The first-order valence-corrected chi connectivity index (χ1v) is 9.28. The van der Waals surface area contributed by atoms with Crippen LogP contribution in [0.3, 0.4) is 0 Å². The number of pyridine rings is 1. The van der Waals surface area contributed by atoms with Crippen LogP contribution in [-0.4, -0.2) is 30.6 Å². The molecule has 1 N–H and O–H groups in total. The standard InChI is InChI=1S/C22H20N6O/c1-16-5-7-17(8-6-16)14-20(18-4-2-3-11-24-18)25-22(29)19-9-10-21(27-26-19)28-13-12-23-15-28/h2-13,15,20H,14H2,1H3,(H,25,29). The van der Waals surface area contributed by atoms with Gasteiger partial charge in [0.25, 0.3) is 5.91 Å². The molecular weight excluding hydrogens is 364 g/mol. The van der Waals surface area contributed by atoms with Crippen molar-refractivity contribution in [1.29, 1.82) is 0 Å². The minimum Gasteiger partial charge on any atom is -0.342 e. The molecule has 0 aliphatic carbocycles. The van der Waals surface area contributed by atoms with E-state index < -0.39 is 0 Å². The minimum atomic E-state index is -0.294. The van der Waals surface area contributed by atoms with Gasteiger partial charge in [0.15, 0.2) is 11.5 Å². The van der Waals surface area contributed by atoms with Gasteiger partial charge in [-0.1, -0.05) is 35.9 Å². The van der Waals surface area contributed by atoms with Crippen LogP contribution in [0, 0.1) is 6.92 Å². The van der Waals surface area contributed by atoms with E-state index in [4.69, 9.17) is 0 Å². The predicted molar refractivity (Wildman–Crippen MR) is 108 cm³/mol. The molecule has 29 heavy (non-hydrogen) atoms. The monoisotopic (exact) mass is 384 g/mol. The Hall–Kier alpha value is -3.87. The lowest BCUT2D eigenvalue weighted by molar-refractivity contribution is 0.0929. The lowest BCUT2D eigenvalue weighted by Crippen LogP contribution is -2.31. The van der Waals surface area contributed by atoms with Crippen LogP contribution in [-0.2, 0) is 6.42 Å².